The molecule has 0 bridgehead atoms. The second-order valence-electron chi connectivity index (χ2n) is 3.92. The SMILES string of the molecule is CC[C@@H](O)c1ccc2c(c1)CC(C)O2. The minimum Gasteiger partial charge on any atom is -0.490 e. The van der Waals surface area contributed by atoms with Gasteiger partial charge in [0.15, 0.2) is 0 Å². The first-order chi connectivity index (χ1) is 6.70. The third-order valence-corrected chi connectivity index (χ3v) is 2.69. The van der Waals surface area contributed by atoms with Crippen molar-refractivity contribution in [3.63, 3.8) is 0 Å². The molecule has 2 heteroatoms. The topological polar surface area (TPSA) is 29.5 Å². The van der Waals surface area contributed by atoms with E-state index in [1.54, 1.807) is 0 Å². The summed E-state index contributed by atoms with van der Waals surface area (Å²) >= 11 is 0. The number of ether oxygens (including phenoxy) is 1. The van der Waals surface area contributed by atoms with Gasteiger partial charge in [-0.25, -0.2) is 0 Å². The number of fused-ring (bicyclic) bond motifs is 1. The second-order valence-corrected chi connectivity index (χ2v) is 3.92. The van der Waals surface area contributed by atoms with Crippen molar-refractivity contribution in [2.45, 2.75) is 38.9 Å². The Morgan fingerprint density at radius 1 is 1.57 bits per heavy atom. The molecular weight excluding hydrogens is 176 g/mol. The molecule has 1 aromatic rings. The minimum absolute atomic E-state index is 0.277. The number of benzene rings is 1. The molecule has 1 aromatic carbocycles. The van der Waals surface area contributed by atoms with Crippen LogP contribution in [0.2, 0.25) is 0 Å². The number of aliphatic hydroxyl groups is 1. The van der Waals surface area contributed by atoms with Gasteiger partial charge in [0, 0.05) is 6.42 Å². The second kappa shape index (κ2) is 3.62. The highest BCUT2D eigenvalue weighted by molar-refractivity contribution is 5.41. The molecule has 1 heterocycles. The molecule has 0 saturated heterocycles. The normalized spacial score (nSPS) is 21.5. The molecule has 0 radical (unpaired) electrons. The molecule has 2 nitrogen and oxygen atoms in total. The molecule has 76 valence electrons. The van der Waals surface area contributed by atoms with Crippen LogP contribution in [0.3, 0.4) is 0 Å². The van der Waals surface area contributed by atoms with Gasteiger partial charge in [0.05, 0.1) is 6.10 Å². The summed E-state index contributed by atoms with van der Waals surface area (Å²) in [5.74, 6) is 0.976. The van der Waals surface area contributed by atoms with Crippen molar-refractivity contribution in [3.8, 4) is 5.75 Å². The summed E-state index contributed by atoms with van der Waals surface area (Å²) in [6.07, 6.45) is 1.66. The molecule has 1 aliphatic rings. The first kappa shape index (κ1) is 9.53. The van der Waals surface area contributed by atoms with E-state index in [9.17, 15) is 5.11 Å². The molecular formula is C12H16O2. The van der Waals surface area contributed by atoms with Crippen molar-refractivity contribution in [3.05, 3.63) is 29.3 Å². The fourth-order valence-electron chi connectivity index (χ4n) is 1.88. The van der Waals surface area contributed by atoms with Crippen molar-refractivity contribution in [2.24, 2.45) is 0 Å². The van der Waals surface area contributed by atoms with E-state index in [2.05, 4.69) is 13.0 Å². The Balaban J connectivity index is 2.28. The summed E-state index contributed by atoms with van der Waals surface area (Å²) in [6.45, 7) is 4.05. The minimum atomic E-state index is -0.337. The van der Waals surface area contributed by atoms with Crippen LogP contribution in [0.1, 0.15) is 37.5 Å². The van der Waals surface area contributed by atoms with Crippen molar-refractivity contribution in [1.29, 1.82) is 0 Å². The van der Waals surface area contributed by atoms with Crippen LogP contribution < -0.4 is 4.74 Å². The molecule has 2 atom stereocenters. The van der Waals surface area contributed by atoms with Gasteiger partial charge in [0.1, 0.15) is 11.9 Å². The zero-order valence-electron chi connectivity index (χ0n) is 8.66. The van der Waals surface area contributed by atoms with E-state index in [1.807, 2.05) is 19.1 Å². The lowest BCUT2D eigenvalue weighted by atomic mass is 10.0. The summed E-state index contributed by atoms with van der Waals surface area (Å²) in [6, 6.07) is 5.98. The highest BCUT2D eigenvalue weighted by atomic mass is 16.5. The Labute approximate surface area is 84.5 Å². The van der Waals surface area contributed by atoms with Gasteiger partial charge < -0.3 is 9.84 Å². The predicted molar refractivity (Wildman–Crippen MR) is 55.5 cm³/mol. The zero-order chi connectivity index (χ0) is 10.1. The van der Waals surface area contributed by atoms with Gasteiger partial charge in [-0.05, 0) is 36.6 Å². The summed E-state index contributed by atoms with van der Waals surface area (Å²) in [7, 11) is 0. The van der Waals surface area contributed by atoms with Crippen LogP contribution in [0.25, 0.3) is 0 Å². The molecule has 0 spiro atoms. The van der Waals surface area contributed by atoms with Gasteiger partial charge in [-0.15, -0.1) is 0 Å². The molecule has 0 saturated carbocycles. The molecule has 2 rings (SSSR count). The van der Waals surface area contributed by atoms with Crippen molar-refractivity contribution in [1.82, 2.24) is 0 Å². The molecule has 1 N–H and O–H groups in total. The van der Waals surface area contributed by atoms with Gasteiger partial charge in [0.2, 0.25) is 0 Å². The lowest BCUT2D eigenvalue weighted by molar-refractivity contribution is 0.173. The van der Waals surface area contributed by atoms with Crippen LogP contribution in [0, 0.1) is 0 Å². The first-order valence-electron chi connectivity index (χ1n) is 5.18. The summed E-state index contributed by atoms with van der Waals surface area (Å²) < 4.78 is 5.59. The molecule has 0 amide bonds. The quantitative estimate of drug-likeness (QED) is 0.780. The lowest BCUT2D eigenvalue weighted by Crippen LogP contribution is -2.05. The first-order valence-corrected chi connectivity index (χ1v) is 5.18. The van der Waals surface area contributed by atoms with Crippen LogP contribution >= 0.6 is 0 Å². The third-order valence-electron chi connectivity index (χ3n) is 2.69. The number of hydrogen-bond donors (Lipinski definition) is 1. The van der Waals surface area contributed by atoms with Crippen LogP contribution in [0.5, 0.6) is 5.75 Å². The maximum atomic E-state index is 9.69. The van der Waals surface area contributed by atoms with Crippen molar-refractivity contribution in [2.75, 3.05) is 0 Å². The van der Waals surface area contributed by atoms with E-state index < -0.39 is 0 Å². The van der Waals surface area contributed by atoms with Gasteiger partial charge in [-0.3, -0.25) is 0 Å². The number of rotatable bonds is 2. The van der Waals surface area contributed by atoms with Gasteiger partial charge in [-0.1, -0.05) is 13.0 Å². The molecule has 14 heavy (non-hydrogen) atoms. The zero-order valence-corrected chi connectivity index (χ0v) is 8.66. The Bertz CT molecular complexity index is 333. The van der Waals surface area contributed by atoms with Crippen LogP contribution in [0.15, 0.2) is 18.2 Å². The number of hydrogen-bond acceptors (Lipinski definition) is 2. The maximum Gasteiger partial charge on any atom is 0.123 e. The maximum absolute atomic E-state index is 9.69. The fraction of sp³-hybridized carbons (Fsp3) is 0.500. The van der Waals surface area contributed by atoms with Crippen LogP contribution in [-0.2, 0) is 6.42 Å². The van der Waals surface area contributed by atoms with E-state index in [-0.39, 0.29) is 12.2 Å². The van der Waals surface area contributed by atoms with E-state index in [4.69, 9.17) is 4.74 Å². The lowest BCUT2D eigenvalue weighted by Gasteiger charge is -2.09. The van der Waals surface area contributed by atoms with E-state index >= 15 is 0 Å². The Morgan fingerprint density at radius 3 is 3.07 bits per heavy atom. The Hall–Kier alpha value is -1.02. The third kappa shape index (κ3) is 1.62. The molecule has 1 aliphatic heterocycles. The molecule has 0 aliphatic carbocycles. The van der Waals surface area contributed by atoms with E-state index in [1.165, 1.54) is 5.56 Å². The predicted octanol–water partition coefficient (Wildman–Crippen LogP) is 2.45. The van der Waals surface area contributed by atoms with Crippen LogP contribution in [-0.4, -0.2) is 11.2 Å². The summed E-state index contributed by atoms with van der Waals surface area (Å²) in [4.78, 5) is 0. The summed E-state index contributed by atoms with van der Waals surface area (Å²) in [5.41, 5.74) is 2.23. The monoisotopic (exact) mass is 192 g/mol. The molecule has 0 fully saturated rings. The molecule has 1 unspecified atom stereocenters. The van der Waals surface area contributed by atoms with Gasteiger partial charge in [0.25, 0.3) is 0 Å². The van der Waals surface area contributed by atoms with E-state index in [0.29, 0.717) is 0 Å². The van der Waals surface area contributed by atoms with E-state index in [0.717, 1.165) is 24.2 Å². The number of aliphatic hydroxyl groups excluding tert-OH is 1. The van der Waals surface area contributed by atoms with Crippen LogP contribution in [0.4, 0.5) is 0 Å². The Kier molecular flexibility index (Phi) is 2.46. The highest BCUT2D eigenvalue weighted by Crippen LogP contribution is 2.31. The van der Waals surface area contributed by atoms with Gasteiger partial charge >= 0.3 is 0 Å². The average Bonchev–Trinajstić information content (AvgIpc) is 2.55. The largest absolute Gasteiger partial charge is 0.490 e. The fourth-order valence-corrected chi connectivity index (χ4v) is 1.88. The average molecular weight is 192 g/mol. The van der Waals surface area contributed by atoms with Crippen molar-refractivity contribution < 1.29 is 9.84 Å². The van der Waals surface area contributed by atoms with Gasteiger partial charge in [-0.2, -0.15) is 0 Å². The highest BCUT2D eigenvalue weighted by Gasteiger charge is 2.19. The molecule has 0 aromatic heterocycles. The van der Waals surface area contributed by atoms with Crippen molar-refractivity contribution >= 4 is 0 Å². The Morgan fingerprint density at radius 2 is 2.36 bits per heavy atom. The standard InChI is InChI=1S/C12H16O2/c1-3-11(13)9-4-5-12-10(7-9)6-8(2)14-12/h4-5,7-8,11,13H,3,6H2,1-2H3/t8?,11-/m1/s1. The smallest absolute Gasteiger partial charge is 0.123 e. The summed E-state index contributed by atoms with van der Waals surface area (Å²) in [5, 5.41) is 9.69.